The Morgan fingerprint density at radius 1 is 1.62 bits per heavy atom. The van der Waals surface area contributed by atoms with E-state index in [1.165, 1.54) is 0 Å². The molecule has 8 heteroatoms. The van der Waals surface area contributed by atoms with Crippen LogP contribution in [-0.4, -0.2) is 51.9 Å². The molecule has 8 nitrogen and oxygen atoms in total. The van der Waals surface area contributed by atoms with Crippen LogP contribution in [-0.2, 0) is 23.1 Å². The first-order valence-corrected chi connectivity index (χ1v) is 6.78. The van der Waals surface area contributed by atoms with Crippen molar-refractivity contribution in [1.29, 1.82) is 0 Å². The van der Waals surface area contributed by atoms with E-state index in [0.29, 0.717) is 32.6 Å². The maximum absolute atomic E-state index is 12.8. The van der Waals surface area contributed by atoms with E-state index >= 15 is 0 Å². The lowest BCUT2D eigenvalue weighted by molar-refractivity contribution is -0.141. The van der Waals surface area contributed by atoms with Crippen LogP contribution in [0.25, 0.3) is 0 Å². The number of oxime groups is 1. The normalized spacial score (nSPS) is 18.5. The van der Waals surface area contributed by atoms with Gasteiger partial charge in [-0.05, 0) is 12.8 Å². The lowest BCUT2D eigenvalue weighted by Crippen LogP contribution is -2.52. The monoisotopic (exact) mass is 295 g/mol. The minimum atomic E-state index is -0.982. The number of ether oxygens (including phenoxy) is 1. The summed E-state index contributed by atoms with van der Waals surface area (Å²) in [6, 6.07) is 0. The molecular weight excluding hydrogens is 274 g/mol. The molecule has 0 radical (unpaired) electrons. The Balaban J connectivity index is 2.17. The van der Waals surface area contributed by atoms with E-state index in [9.17, 15) is 4.79 Å². The Morgan fingerprint density at radius 3 is 2.81 bits per heavy atom. The van der Waals surface area contributed by atoms with Crippen LogP contribution in [0, 0.1) is 5.41 Å². The van der Waals surface area contributed by atoms with Gasteiger partial charge in [-0.1, -0.05) is 5.16 Å². The van der Waals surface area contributed by atoms with Crippen LogP contribution in [0.1, 0.15) is 18.4 Å². The van der Waals surface area contributed by atoms with Gasteiger partial charge in [-0.3, -0.25) is 9.48 Å². The Bertz CT molecular complexity index is 534. The summed E-state index contributed by atoms with van der Waals surface area (Å²) in [7, 11) is 3.53. The van der Waals surface area contributed by atoms with Gasteiger partial charge < -0.3 is 20.6 Å². The van der Waals surface area contributed by atoms with Crippen LogP contribution in [0.5, 0.6) is 0 Å². The topological polar surface area (TPSA) is 106 Å². The number of aromatic nitrogens is 2. The molecule has 2 heterocycles. The minimum Gasteiger partial charge on any atom is -0.409 e. The third kappa shape index (κ3) is 2.99. The molecule has 1 aromatic rings. The first kappa shape index (κ1) is 15.3. The summed E-state index contributed by atoms with van der Waals surface area (Å²) in [5.74, 6) is -0.209. The van der Waals surface area contributed by atoms with Gasteiger partial charge >= 0.3 is 0 Å². The van der Waals surface area contributed by atoms with Gasteiger partial charge in [0.25, 0.3) is 0 Å². The predicted molar refractivity (Wildman–Crippen MR) is 75.6 cm³/mol. The van der Waals surface area contributed by atoms with Gasteiger partial charge in [0.05, 0.1) is 6.20 Å². The summed E-state index contributed by atoms with van der Waals surface area (Å²) in [6.45, 7) is 1.26. The number of hydrogen-bond donors (Lipinski definition) is 2. The predicted octanol–water partition coefficient (Wildman–Crippen LogP) is -0.0783. The van der Waals surface area contributed by atoms with E-state index in [0.717, 1.165) is 5.56 Å². The minimum absolute atomic E-state index is 0.0474. The van der Waals surface area contributed by atoms with Gasteiger partial charge in [0.1, 0.15) is 5.41 Å². The average molecular weight is 295 g/mol. The van der Waals surface area contributed by atoms with Gasteiger partial charge in [-0.2, -0.15) is 5.10 Å². The van der Waals surface area contributed by atoms with Crippen molar-refractivity contribution < 1.29 is 14.7 Å². The quantitative estimate of drug-likeness (QED) is 0.350. The number of amides is 1. The summed E-state index contributed by atoms with van der Waals surface area (Å²) in [5.41, 5.74) is 5.74. The molecule has 1 fully saturated rings. The van der Waals surface area contributed by atoms with Crippen LogP contribution in [0.3, 0.4) is 0 Å². The number of rotatable bonds is 4. The largest absolute Gasteiger partial charge is 0.409 e. The van der Waals surface area contributed by atoms with Crippen LogP contribution in [0.2, 0.25) is 0 Å². The van der Waals surface area contributed by atoms with Crippen molar-refractivity contribution >= 4 is 11.7 Å². The molecule has 0 bridgehead atoms. The van der Waals surface area contributed by atoms with Crippen molar-refractivity contribution in [2.24, 2.45) is 23.4 Å². The lowest BCUT2D eigenvalue weighted by Gasteiger charge is -2.37. The van der Waals surface area contributed by atoms with E-state index < -0.39 is 5.41 Å². The molecule has 0 aromatic carbocycles. The second-order valence-electron chi connectivity index (χ2n) is 5.36. The second kappa shape index (κ2) is 6.13. The smallest absolute Gasteiger partial charge is 0.236 e. The fourth-order valence-electron chi connectivity index (χ4n) is 2.66. The fourth-order valence-corrected chi connectivity index (χ4v) is 2.66. The number of carbonyl (C=O) groups is 1. The van der Waals surface area contributed by atoms with E-state index in [-0.39, 0.29) is 11.7 Å². The first-order chi connectivity index (χ1) is 9.99. The van der Waals surface area contributed by atoms with Crippen molar-refractivity contribution in [2.45, 2.75) is 19.4 Å². The first-order valence-electron chi connectivity index (χ1n) is 6.78. The molecular formula is C13H21N5O3. The van der Waals surface area contributed by atoms with Gasteiger partial charge in [0.15, 0.2) is 5.84 Å². The highest BCUT2D eigenvalue weighted by molar-refractivity contribution is 6.06. The molecule has 1 aromatic heterocycles. The molecule has 1 aliphatic heterocycles. The van der Waals surface area contributed by atoms with Crippen LogP contribution < -0.4 is 5.73 Å². The van der Waals surface area contributed by atoms with Crippen LogP contribution in [0.4, 0.5) is 0 Å². The van der Waals surface area contributed by atoms with Crippen molar-refractivity contribution in [3.05, 3.63) is 18.0 Å². The third-order valence-corrected chi connectivity index (χ3v) is 3.88. The highest BCUT2D eigenvalue weighted by Crippen LogP contribution is 2.33. The maximum atomic E-state index is 12.8. The molecule has 116 valence electrons. The van der Waals surface area contributed by atoms with Gasteiger partial charge in [0, 0.05) is 45.6 Å². The third-order valence-electron chi connectivity index (χ3n) is 3.88. The number of carbonyl (C=O) groups excluding carboxylic acids is 1. The zero-order valence-electron chi connectivity index (χ0n) is 12.3. The molecule has 2 rings (SSSR count). The van der Waals surface area contributed by atoms with E-state index in [1.54, 1.807) is 22.8 Å². The highest BCUT2D eigenvalue weighted by Gasteiger charge is 2.46. The van der Waals surface area contributed by atoms with Crippen molar-refractivity contribution in [3.63, 3.8) is 0 Å². The lowest BCUT2D eigenvalue weighted by atomic mass is 9.77. The Labute approximate surface area is 123 Å². The Hall–Kier alpha value is -2.09. The highest BCUT2D eigenvalue weighted by atomic mass is 16.5. The SMILES string of the molecule is CN(Cc1cnn(C)c1)C(=O)C1(C(N)=NO)CCOCC1. The number of amidine groups is 1. The summed E-state index contributed by atoms with van der Waals surface area (Å²) in [4.78, 5) is 14.4. The summed E-state index contributed by atoms with van der Waals surface area (Å²) in [6.07, 6.45) is 4.39. The van der Waals surface area contributed by atoms with E-state index in [4.69, 9.17) is 15.7 Å². The van der Waals surface area contributed by atoms with Crippen LogP contribution >= 0.6 is 0 Å². The Morgan fingerprint density at radius 2 is 2.29 bits per heavy atom. The van der Waals surface area contributed by atoms with E-state index in [1.807, 2.05) is 13.2 Å². The molecule has 1 amide bonds. The summed E-state index contributed by atoms with van der Waals surface area (Å²) in [5, 5.41) is 16.2. The van der Waals surface area contributed by atoms with Crippen molar-refractivity contribution in [3.8, 4) is 0 Å². The van der Waals surface area contributed by atoms with Crippen molar-refractivity contribution in [2.75, 3.05) is 20.3 Å². The molecule has 0 spiro atoms. The fraction of sp³-hybridized carbons (Fsp3) is 0.615. The van der Waals surface area contributed by atoms with Crippen molar-refractivity contribution in [1.82, 2.24) is 14.7 Å². The number of aryl methyl sites for hydroxylation is 1. The van der Waals surface area contributed by atoms with Gasteiger partial charge in [-0.15, -0.1) is 0 Å². The zero-order chi connectivity index (χ0) is 15.5. The van der Waals surface area contributed by atoms with Gasteiger partial charge in [0.2, 0.25) is 5.91 Å². The molecule has 0 aliphatic carbocycles. The Kier molecular flexibility index (Phi) is 4.46. The summed E-state index contributed by atoms with van der Waals surface area (Å²) < 4.78 is 6.98. The molecule has 1 saturated heterocycles. The molecule has 1 aliphatic rings. The maximum Gasteiger partial charge on any atom is 0.236 e. The molecule has 21 heavy (non-hydrogen) atoms. The second-order valence-corrected chi connectivity index (χ2v) is 5.36. The molecule has 0 saturated carbocycles. The van der Waals surface area contributed by atoms with Crippen LogP contribution in [0.15, 0.2) is 17.5 Å². The molecule has 0 atom stereocenters. The standard InChI is InChI=1S/C13H21N5O3/c1-17(8-10-7-15-18(2)9-10)12(19)13(11(14)16-20)3-5-21-6-4-13/h7,9,20H,3-6,8H2,1-2H3,(H2,14,16). The number of nitrogens with zero attached hydrogens (tertiary/aromatic N) is 4. The zero-order valence-corrected chi connectivity index (χ0v) is 12.3. The average Bonchev–Trinajstić information content (AvgIpc) is 2.91. The number of nitrogens with two attached hydrogens (primary N) is 1. The summed E-state index contributed by atoms with van der Waals surface area (Å²) >= 11 is 0. The van der Waals surface area contributed by atoms with E-state index in [2.05, 4.69) is 10.3 Å². The number of hydrogen-bond acceptors (Lipinski definition) is 5. The molecule has 0 unspecified atom stereocenters. The molecule has 3 N–H and O–H groups in total. The van der Waals surface area contributed by atoms with Gasteiger partial charge in [-0.25, -0.2) is 0 Å².